The molecule has 0 bridgehead atoms. The van der Waals surface area contributed by atoms with E-state index in [-0.39, 0.29) is 17.2 Å². The molecule has 1 N–H and O–H groups in total. The van der Waals surface area contributed by atoms with E-state index in [1.54, 1.807) is 43.3 Å². The van der Waals surface area contributed by atoms with Crippen LogP contribution in [0.15, 0.2) is 78.9 Å². The van der Waals surface area contributed by atoms with Crippen molar-refractivity contribution in [1.82, 2.24) is 9.55 Å². The predicted molar refractivity (Wildman–Crippen MR) is 156 cm³/mol. The highest BCUT2D eigenvalue weighted by Crippen LogP contribution is 2.49. The molecule has 0 radical (unpaired) electrons. The van der Waals surface area contributed by atoms with E-state index >= 15 is 0 Å². The lowest BCUT2D eigenvalue weighted by molar-refractivity contribution is -0.0705. The van der Waals surface area contributed by atoms with Gasteiger partial charge in [-0.15, -0.1) is 0 Å². The zero-order valence-electron chi connectivity index (χ0n) is 22.6. The number of rotatable bonds is 7. The number of imidazole rings is 1. The number of carbonyl (C=O) groups is 1. The van der Waals surface area contributed by atoms with Gasteiger partial charge in [0.2, 0.25) is 0 Å². The first-order valence-electron chi connectivity index (χ1n) is 13.7. The number of hydrogen-bond acceptors (Lipinski definition) is 5. The van der Waals surface area contributed by atoms with Crippen LogP contribution in [0.3, 0.4) is 0 Å². The van der Waals surface area contributed by atoms with Gasteiger partial charge >= 0.3 is 5.97 Å². The fourth-order valence-corrected chi connectivity index (χ4v) is 5.74. The molecule has 2 aliphatic heterocycles. The molecule has 212 valence electrons. The first-order valence-corrected chi connectivity index (χ1v) is 14.1. The van der Waals surface area contributed by atoms with Crippen molar-refractivity contribution in [3.8, 4) is 22.6 Å². The molecule has 4 aromatic carbocycles. The average molecular weight is 585 g/mol. The van der Waals surface area contributed by atoms with E-state index in [1.165, 1.54) is 6.07 Å². The van der Waals surface area contributed by atoms with Gasteiger partial charge in [-0.2, -0.15) is 0 Å². The Balaban J connectivity index is 1.17. The summed E-state index contributed by atoms with van der Waals surface area (Å²) in [5, 5.41) is 9.81. The van der Waals surface area contributed by atoms with Gasteiger partial charge in [-0.1, -0.05) is 48.0 Å². The highest BCUT2D eigenvalue weighted by atomic mass is 35.5. The SMILES string of the molecule is CC1(c2ccc(Cl)cc2F)Oc2cccc(-c3ccc(Cc4nc5ccc(C(=O)O)cc5n4CC4CCO4)cc3)c2O1. The highest BCUT2D eigenvalue weighted by Gasteiger charge is 2.42. The molecule has 0 amide bonds. The Morgan fingerprint density at radius 2 is 1.90 bits per heavy atom. The van der Waals surface area contributed by atoms with Gasteiger partial charge in [-0.05, 0) is 60.0 Å². The molecule has 2 unspecified atom stereocenters. The molecule has 1 aromatic heterocycles. The van der Waals surface area contributed by atoms with Gasteiger partial charge < -0.3 is 23.9 Å². The first-order chi connectivity index (χ1) is 20.3. The fourth-order valence-electron chi connectivity index (χ4n) is 5.58. The number of benzene rings is 4. The van der Waals surface area contributed by atoms with Gasteiger partial charge in [0.15, 0.2) is 11.5 Å². The fraction of sp³-hybridized carbons (Fsp3) is 0.212. The van der Waals surface area contributed by atoms with E-state index in [0.717, 1.165) is 46.6 Å². The Morgan fingerprint density at radius 1 is 1.10 bits per heavy atom. The molecule has 2 aliphatic rings. The van der Waals surface area contributed by atoms with Crippen molar-refractivity contribution in [1.29, 1.82) is 0 Å². The summed E-state index contributed by atoms with van der Waals surface area (Å²) in [5.41, 5.74) is 4.81. The van der Waals surface area contributed by atoms with Crippen molar-refractivity contribution in [3.05, 3.63) is 112 Å². The Bertz CT molecular complexity index is 1850. The van der Waals surface area contributed by atoms with Crippen LogP contribution >= 0.6 is 11.6 Å². The molecule has 1 fully saturated rings. The molecule has 1 saturated heterocycles. The lowest BCUT2D eigenvalue weighted by Gasteiger charge is -2.27. The van der Waals surface area contributed by atoms with Gasteiger partial charge in [0.1, 0.15) is 11.6 Å². The minimum atomic E-state index is -1.34. The van der Waals surface area contributed by atoms with Crippen molar-refractivity contribution >= 4 is 28.6 Å². The number of ether oxygens (including phenoxy) is 3. The summed E-state index contributed by atoms with van der Waals surface area (Å²) in [6.45, 7) is 3.04. The molecule has 9 heteroatoms. The largest absolute Gasteiger partial charge is 0.478 e. The quantitative estimate of drug-likeness (QED) is 0.217. The van der Waals surface area contributed by atoms with Crippen molar-refractivity contribution < 1.29 is 28.5 Å². The van der Waals surface area contributed by atoms with Crippen LogP contribution in [-0.4, -0.2) is 33.3 Å². The maximum atomic E-state index is 14.8. The number of fused-ring (bicyclic) bond motifs is 2. The minimum absolute atomic E-state index is 0.0893. The second-order valence-electron chi connectivity index (χ2n) is 10.7. The molecular formula is C33H26ClFN2O5. The van der Waals surface area contributed by atoms with Gasteiger partial charge in [0.25, 0.3) is 5.79 Å². The zero-order valence-corrected chi connectivity index (χ0v) is 23.4. The van der Waals surface area contributed by atoms with Crippen LogP contribution in [0.1, 0.15) is 40.7 Å². The number of aromatic nitrogens is 2. The van der Waals surface area contributed by atoms with E-state index in [4.69, 9.17) is 30.8 Å². The maximum Gasteiger partial charge on any atom is 0.335 e. The number of aromatic carboxylic acids is 1. The van der Waals surface area contributed by atoms with Crippen LogP contribution in [-0.2, 0) is 23.5 Å². The standard InChI is InChI=1S/C33H26ClFN2O5/c1-33(25-11-10-22(34)17-26(25)35)41-29-4-2-3-24(31(29)42-33)20-7-5-19(6-8-20)15-30-36-27-12-9-21(32(38)39)16-28(27)37(30)18-23-13-14-40-23/h2-12,16-17,23H,13-15,18H2,1H3,(H,38,39). The van der Waals surface area contributed by atoms with E-state index in [2.05, 4.69) is 4.57 Å². The average Bonchev–Trinajstić information content (AvgIpc) is 3.47. The minimum Gasteiger partial charge on any atom is -0.478 e. The normalized spacial score (nSPS) is 19.2. The third-order valence-electron chi connectivity index (χ3n) is 7.88. The Labute approximate surface area is 246 Å². The summed E-state index contributed by atoms with van der Waals surface area (Å²) in [6.07, 6.45) is 1.61. The van der Waals surface area contributed by atoms with Crippen LogP contribution in [0.5, 0.6) is 11.5 Å². The summed E-state index contributed by atoms with van der Waals surface area (Å²) < 4.78 is 34.9. The highest BCUT2D eigenvalue weighted by molar-refractivity contribution is 6.30. The van der Waals surface area contributed by atoms with Crippen molar-refractivity contribution in [3.63, 3.8) is 0 Å². The number of carboxylic acids is 1. The molecular weight excluding hydrogens is 559 g/mol. The molecule has 3 heterocycles. The lowest BCUT2D eigenvalue weighted by atomic mass is 10.0. The van der Waals surface area contributed by atoms with Gasteiger partial charge in [0.05, 0.1) is 34.8 Å². The molecule has 7 rings (SSSR count). The second-order valence-corrected chi connectivity index (χ2v) is 11.1. The summed E-state index contributed by atoms with van der Waals surface area (Å²) in [6, 6.07) is 23.2. The smallest absolute Gasteiger partial charge is 0.335 e. The van der Waals surface area contributed by atoms with Crippen molar-refractivity contribution in [2.24, 2.45) is 0 Å². The molecule has 42 heavy (non-hydrogen) atoms. The van der Waals surface area contributed by atoms with Gasteiger partial charge in [-0.25, -0.2) is 14.2 Å². The van der Waals surface area contributed by atoms with E-state index in [9.17, 15) is 14.3 Å². The second kappa shape index (κ2) is 10.2. The lowest BCUT2D eigenvalue weighted by Crippen LogP contribution is -2.32. The van der Waals surface area contributed by atoms with Crippen molar-refractivity contribution in [2.45, 2.75) is 38.2 Å². The number of para-hydroxylation sites is 1. The number of nitrogens with zero attached hydrogens (tertiary/aromatic N) is 2. The summed E-state index contributed by atoms with van der Waals surface area (Å²) in [4.78, 5) is 16.4. The maximum absolute atomic E-state index is 14.8. The molecule has 2 atom stereocenters. The Kier molecular flexibility index (Phi) is 6.40. The summed E-state index contributed by atoms with van der Waals surface area (Å²) in [5.74, 6) is -0.898. The van der Waals surface area contributed by atoms with Crippen molar-refractivity contribution in [2.75, 3.05) is 6.61 Å². The topological polar surface area (TPSA) is 82.8 Å². The summed E-state index contributed by atoms with van der Waals surface area (Å²) >= 11 is 5.95. The molecule has 5 aromatic rings. The Hall–Kier alpha value is -4.40. The molecule has 0 saturated carbocycles. The van der Waals surface area contributed by atoms with Crippen LogP contribution in [0, 0.1) is 5.82 Å². The predicted octanol–water partition coefficient (Wildman–Crippen LogP) is 7.22. The number of halogens is 2. The van der Waals surface area contributed by atoms with Crippen LogP contribution in [0.4, 0.5) is 4.39 Å². The van der Waals surface area contributed by atoms with E-state index in [0.29, 0.717) is 29.5 Å². The number of carboxylic acid groups (broad SMARTS) is 1. The summed E-state index contributed by atoms with van der Waals surface area (Å²) in [7, 11) is 0. The molecule has 0 aliphatic carbocycles. The third-order valence-corrected chi connectivity index (χ3v) is 8.12. The third kappa shape index (κ3) is 4.66. The van der Waals surface area contributed by atoms with Gasteiger partial charge in [0, 0.05) is 30.5 Å². The first kappa shape index (κ1) is 26.5. The van der Waals surface area contributed by atoms with Crippen LogP contribution in [0.2, 0.25) is 5.02 Å². The van der Waals surface area contributed by atoms with Crippen LogP contribution in [0.25, 0.3) is 22.2 Å². The number of hydrogen-bond donors (Lipinski definition) is 1. The van der Waals surface area contributed by atoms with Crippen LogP contribution < -0.4 is 9.47 Å². The molecule has 7 nitrogen and oxygen atoms in total. The zero-order chi connectivity index (χ0) is 29.0. The van der Waals surface area contributed by atoms with E-state index < -0.39 is 17.6 Å². The van der Waals surface area contributed by atoms with E-state index in [1.807, 2.05) is 36.4 Å². The van der Waals surface area contributed by atoms with Gasteiger partial charge in [-0.3, -0.25) is 0 Å². The monoisotopic (exact) mass is 584 g/mol. The Morgan fingerprint density at radius 3 is 2.62 bits per heavy atom. The molecule has 0 spiro atoms.